The van der Waals surface area contributed by atoms with Crippen molar-refractivity contribution >= 4 is 0 Å². The van der Waals surface area contributed by atoms with Crippen molar-refractivity contribution < 1.29 is 4.74 Å². The lowest BCUT2D eigenvalue weighted by molar-refractivity contribution is 0.170. The van der Waals surface area contributed by atoms with Gasteiger partial charge in [-0.05, 0) is 25.3 Å². The van der Waals surface area contributed by atoms with Gasteiger partial charge in [0, 0.05) is 32.3 Å². The molecule has 12 heavy (non-hydrogen) atoms. The van der Waals surface area contributed by atoms with E-state index in [0.717, 1.165) is 32.2 Å². The lowest BCUT2D eigenvalue weighted by atomic mass is 9.88. The van der Waals surface area contributed by atoms with E-state index in [4.69, 9.17) is 10.5 Å². The number of ether oxygens (including phenoxy) is 1. The Morgan fingerprint density at radius 3 is 2.75 bits per heavy atom. The van der Waals surface area contributed by atoms with Crippen molar-refractivity contribution in [1.29, 1.82) is 0 Å². The molecule has 3 heteroatoms. The van der Waals surface area contributed by atoms with Gasteiger partial charge in [0.25, 0.3) is 0 Å². The molecule has 0 aromatic rings. The molecule has 2 aliphatic heterocycles. The largest absolute Gasteiger partial charge is 0.381 e. The third-order valence-electron chi connectivity index (χ3n) is 3.17. The van der Waals surface area contributed by atoms with Gasteiger partial charge in [-0.2, -0.15) is 0 Å². The molecule has 3 atom stereocenters. The zero-order valence-electron chi connectivity index (χ0n) is 7.70. The van der Waals surface area contributed by atoms with Gasteiger partial charge in [0.1, 0.15) is 0 Å². The van der Waals surface area contributed by atoms with E-state index in [9.17, 15) is 0 Å². The lowest BCUT2D eigenvalue weighted by Gasteiger charge is -2.19. The van der Waals surface area contributed by atoms with E-state index in [-0.39, 0.29) is 0 Å². The number of hydrogen-bond donors (Lipinski definition) is 1. The topological polar surface area (TPSA) is 38.5 Å². The van der Waals surface area contributed by atoms with Crippen molar-refractivity contribution in [3.8, 4) is 0 Å². The van der Waals surface area contributed by atoms with Crippen molar-refractivity contribution in [3.05, 3.63) is 0 Å². The second-order valence-electron chi connectivity index (χ2n) is 4.17. The first kappa shape index (κ1) is 8.48. The monoisotopic (exact) mass is 170 g/mol. The van der Waals surface area contributed by atoms with Gasteiger partial charge in [-0.25, -0.2) is 0 Å². The Labute approximate surface area is 73.9 Å². The fraction of sp³-hybridized carbons (Fsp3) is 1.00. The average molecular weight is 170 g/mol. The van der Waals surface area contributed by atoms with Crippen LogP contribution >= 0.6 is 0 Å². The van der Waals surface area contributed by atoms with Gasteiger partial charge in [0.05, 0.1) is 0 Å². The molecule has 0 saturated carbocycles. The summed E-state index contributed by atoms with van der Waals surface area (Å²) in [5.74, 6) is 1.41. The number of likely N-dealkylation sites (N-methyl/N-ethyl adjacent to an activating group) is 1. The summed E-state index contributed by atoms with van der Waals surface area (Å²) in [6, 6.07) is 0.377. The van der Waals surface area contributed by atoms with Crippen LogP contribution in [0.2, 0.25) is 0 Å². The molecule has 0 aromatic heterocycles. The van der Waals surface area contributed by atoms with Crippen molar-refractivity contribution in [2.45, 2.75) is 12.5 Å². The Morgan fingerprint density at radius 2 is 2.25 bits per heavy atom. The molecule has 0 bridgehead atoms. The Kier molecular flexibility index (Phi) is 2.35. The maximum Gasteiger partial charge on any atom is 0.0498 e. The molecule has 2 saturated heterocycles. The average Bonchev–Trinajstić information content (AvgIpc) is 2.58. The Morgan fingerprint density at radius 1 is 1.42 bits per heavy atom. The SMILES string of the molecule is CN1CC(N)C(C2CCOC2)C1. The molecular weight excluding hydrogens is 152 g/mol. The van der Waals surface area contributed by atoms with E-state index in [1.165, 1.54) is 6.42 Å². The van der Waals surface area contributed by atoms with Crippen LogP contribution in [0.5, 0.6) is 0 Å². The summed E-state index contributed by atoms with van der Waals surface area (Å²) in [6.45, 7) is 4.10. The molecule has 3 nitrogen and oxygen atoms in total. The van der Waals surface area contributed by atoms with Crippen molar-refractivity contribution in [2.75, 3.05) is 33.4 Å². The molecule has 2 rings (SSSR count). The van der Waals surface area contributed by atoms with Gasteiger partial charge >= 0.3 is 0 Å². The van der Waals surface area contributed by atoms with E-state index >= 15 is 0 Å². The molecule has 0 aromatic carbocycles. The zero-order valence-corrected chi connectivity index (χ0v) is 7.70. The highest BCUT2D eigenvalue weighted by Crippen LogP contribution is 2.28. The minimum atomic E-state index is 0.377. The Bertz CT molecular complexity index is 157. The van der Waals surface area contributed by atoms with Crippen LogP contribution < -0.4 is 5.73 Å². The first-order valence-electron chi connectivity index (χ1n) is 4.79. The van der Waals surface area contributed by atoms with Crippen molar-refractivity contribution in [1.82, 2.24) is 4.90 Å². The van der Waals surface area contributed by atoms with Crippen LogP contribution in [-0.4, -0.2) is 44.3 Å². The summed E-state index contributed by atoms with van der Waals surface area (Å²) >= 11 is 0. The smallest absolute Gasteiger partial charge is 0.0498 e. The summed E-state index contributed by atoms with van der Waals surface area (Å²) < 4.78 is 5.38. The normalized spacial score (nSPS) is 44.0. The molecule has 70 valence electrons. The number of rotatable bonds is 1. The van der Waals surface area contributed by atoms with Gasteiger partial charge < -0.3 is 15.4 Å². The molecule has 0 aliphatic carbocycles. The van der Waals surface area contributed by atoms with Gasteiger partial charge in [-0.1, -0.05) is 0 Å². The summed E-state index contributed by atoms with van der Waals surface area (Å²) in [5, 5.41) is 0. The predicted octanol–water partition coefficient (Wildman–Crippen LogP) is -0.0882. The summed E-state index contributed by atoms with van der Waals surface area (Å²) in [7, 11) is 2.15. The van der Waals surface area contributed by atoms with E-state index in [1.54, 1.807) is 0 Å². The Balaban J connectivity index is 1.94. The fourth-order valence-electron chi connectivity index (χ4n) is 2.45. The molecule has 3 unspecified atom stereocenters. The first-order chi connectivity index (χ1) is 5.77. The second-order valence-corrected chi connectivity index (χ2v) is 4.17. The van der Waals surface area contributed by atoms with Crippen LogP contribution in [0.3, 0.4) is 0 Å². The van der Waals surface area contributed by atoms with E-state index in [1.807, 2.05) is 0 Å². The molecule has 2 N–H and O–H groups in total. The molecule has 2 aliphatic rings. The Hall–Kier alpha value is -0.120. The van der Waals surface area contributed by atoms with E-state index in [0.29, 0.717) is 12.0 Å². The second kappa shape index (κ2) is 3.32. The number of hydrogen-bond acceptors (Lipinski definition) is 3. The van der Waals surface area contributed by atoms with Crippen LogP contribution in [-0.2, 0) is 4.74 Å². The van der Waals surface area contributed by atoms with Gasteiger partial charge in [0.2, 0.25) is 0 Å². The minimum absolute atomic E-state index is 0.377. The van der Waals surface area contributed by atoms with Gasteiger partial charge in [-0.15, -0.1) is 0 Å². The highest BCUT2D eigenvalue weighted by Gasteiger charge is 2.35. The lowest BCUT2D eigenvalue weighted by Crippen LogP contribution is -2.34. The van der Waals surface area contributed by atoms with Crippen LogP contribution in [0.25, 0.3) is 0 Å². The van der Waals surface area contributed by atoms with Crippen LogP contribution in [0.15, 0.2) is 0 Å². The van der Waals surface area contributed by atoms with Crippen LogP contribution in [0.1, 0.15) is 6.42 Å². The van der Waals surface area contributed by atoms with E-state index < -0.39 is 0 Å². The van der Waals surface area contributed by atoms with Crippen LogP contribution in [0.4, 0.5) is 0 Å². The third-order valence-corrected chi connectivity index (χ3v) is 3.17. The first-order valence-corrected chi connectivity index (χ1v) is 4.79. The maximum absolute atomic E-state index is 6.05. The maximum atomic E-state index is 6.05. The number of likely N-dealkylation sites (tertiary alicyclic amines) is 1. The highest BCUT2D eigenvalue weighted by atomic mass is 16.5. The van der Waals surface area contributed by atoms with Crippen molar-refractivity contribution in [3.63, 3.8) is 0 Å². The van der Waals surface area contributed by atoms with E-state index in [2.05, 4.69) is 11.9 Å². The number of nitrogens with zero attached hydrogens (tertiary/aromatic N) is 1. The minimum Gasteiger partial charge on any atom is -0.381 e. The summed E-state index contributed by atoms with van der Waals surface area (Å²) in [4.78, 5) is 2.33. The fourth-order valence-corrected chi connectivity index (χ4v) is 2.45. The van der Waals surface area contributed by atoms with Crippen molar-refractivity contribution in [2.24, 2.45) is 17.6 Å². The molecule has 0 spiro atoms. The standard InChI is InChI=1S/C9H18N2O/c1-11-4-8(9(10)5-11)7-2-3-12-6-7/h7-9H,2-6,10H2,1H3. The molecule has 0 radical (unpaired) electrons. The molecule has 2 heterocycles. The quantitative estimate of drug-likeness (QED) is 0.598. The highest BCUT2D eigenvalue weighted by molar-refractivity contribution is 4.90. The molecule has 2 fully saturated rings. The molecular formula is C9H18N2O. The third kappa shape index (κ3) is 1.49. The van der Waals surface area contributed by atoms with Crippen LogP contribution in [0, 0.1) is 11.8 Å². The van der Waals surface area contributed by atoms with Gasteiger partial charge in [0.15, 0.2) is 0 Å². The zero-order chi connectivity index (χ0) is 8.55. The number of nitrogens with two attached hydrogens (primary N) is 1. The van der Waals surface area contributed by atoms with Gasteiger partial charge in [-0.3, -0.25) is 0 Å². The molecule has 0 amide bonds. The summed E-state index contributed by atoms with van der Waals surface area (Å²) in [5.41, 5.74) is 6.05. The predicted molar refractivity (Wildman–Crippen MR) is 47.9 cm³/mol. The summed E-state index contributed by atoms with van der Waals surface area (Å²) in [6.07, 6.45) is 1.21.